The Hall–Kier alpha value is -2.27. The van der Waals surface area contributed by atoms with Crippen molar-refractivity contribution in [3.05, 3.63) is 101 Å². The Bertz CT molecular complexity index is 826. The Kier molecular flexibility index (Phi) is 4.62. The largest absolute Gasteiger partial charge is 0.385 e. The molecule has 0 aliphatic rings. The van der Waals surface area contributed by atoms with E-state index in [2.05, 4.69) is 4.98 Å². The predicted octanol–water partition coefficient (Wildman–Crippen LogP) is 3.84. The van der Waals surface area contributed by atoms with Crippen molar-refractivity contribution in [2.24, 2.45) is 0 Å². The maximum atomic E-state index is 13.3. The molecule has 1 heterocycles. The molecule has 122 valence electrons. The lowest BCUT2D eigenvalue weighted by Gasteiger charge is -2.34. The lowest BCUT2D eigenvalue weighted by molar-refractivity contribution is -0.0519. The van der Waals surface area contributed by atoms with Gasteiger partial charge in [-0.2, -0.15) is 0 Å². The van der Waals surface area contributed by atoms with Crippen LogP contribution in [0, 0.1) is 5.82 Å². The first-order valence-corrected chi connectivity index (χ1v) is 7.72. The van der Waals surface area contributed by atoms with E-state index in [0.29, 0.717) is 21.7 Å². The fourth-order valence-electron chi connectivity index (χ4n) is 2.70. The van der Waals surface area contributed by atoms with Crippen LogP contribution >= 0.6 is 11.6 Å². The van der Waals surface area contributed by atoms with Crippen LogP contribution in [0.4, 0.5) is 4.39 Å². The number of aromatic nitrogens is 1. The smallest absolute Gasteiger partial charge is 0.146 e. The van der Waals surface area contributed by atoms with Gasteiger partial charge in [-0.3, -0.25) is 4.98 Å². The number of nitrogens with zero attached hydrogens (tertiary/aromatic N) is 1. The number of aliphatic hydroxyl groups is 2. The van der Waals surface area contributed by atoms with Gasteiger partial charge in [0.1, 0.15) is 17.5 Å². The van der Waals surface area contributed by atoms with Crippen LogP contribution < -0.4 is 0 Å². The van der Waals surface area contributed by atoms with E-state index in [9.17, 15) is 14.6 Å². The predicted molar refractivity (Wildman–Crippen MR) is 90.0 cm³/mol. The van der Waals surface area contributed by atoms with Crippen LogP contribution in [0.25, 0.3) is 0 Å². The first kappa shape index (κ1) is 16.6. The van der Waals surface area contributed by atoms with Crippen molar-refractivity contribution < 1.29 is 14.6 Å². The molecule has 0 bridgehead atoms. The van der Waals surface area contributed by atoms with Crippen molar-refractivity contribution >= 4 is 11.6 Å². The number of rotatable bonds is 4. The van der Waals surface area contributed by atoms with Gasteiger partial charge in [0.2, 0.25) is 0 Å². The molecule has 2 unspecified atom stereocenters. The summed E-state index contributed by atoms with van der Waals surface area (Å²) in [6.07, 6.45) is 1.67. The van der Waals surface area contributed by atoms with Gasteiger partial charge in [0, 0.05) is 28.5 Å². The molecule has 2 atom stereocenters. The maximum Gasteiger partial charge on any atom is 0.146 e. The molecule has 1 aromatic heterocycles. The standard InChI is InChI=1S/C19H15ClFNO2/c20-17-6-2-1-5-16(17)18(23)19(24,14-4-3-11-22-12-14)13-7-9-15(21)10-8-13/h1-12,18,23-24H. The molecular weight excluding hydrogens is 329 g/mol. The number of pyridine rings is 1. The van der Waals surface area contributed by atoms with Crippen LogP contribution in [0.2, 0.25) is 5.02 Å². The van der Waals surface area contributed by atoms with Gasteiger partial charge in [-0.05, 0) is 29.8 Å². The molecule has 3 aromatic rings. The minimum atomic E-state index is -1.83. The van der Waals surface area contributed by atoms with E-state index in [1.165, 1.54) is 30.5 Å². The Morgan fingerprint density at radius 1 is 0.958 bits per heavy atom. The molecule has 2 N–H and O–H groups in total. The second-order valence-electron chi connectivity index (χ2n) is 5.44. The van der Waals surface area contributed by atoms with Gasteiger partial charge in [0.25, 0.3) is 0 Å². The minimum absolute atomic E-state index is 0.328. The molecule has 24 heavy (non-hydrogen) atoms. The van der Waals surface area contributed by atoms with Gasteiger partial charge in [-0.15, -0.1) is 0 Å². The average Bonchev–Trinajstić information content (AvgIpc) is 2.62. The zero-order valence-corrected chi connectivity index (χ0v) is 13.4. The van der Waals surface area contributed by atoms with Crippen LogP contribution in [0.5, 0.6) is 0 Å². The zero-order chi connectivity index (χ0) is 17.2. The summed E-state index contributed by atoms with van der Waals surface area (Å²) in [5, 5.41) is 22.7. The van der Waals surface area contributed by atoms with Crippen LogP contribution in [-0.4, -0.2) is 15.2 Å². The molecular formula is C19H15ClFNO2. The molecule has 3 rings (SSSR count). The second kappa shape index (κ2) is 6.69. The zero-order valence-electron chi connectivity index (χ0n) is 12.6. The summed E-state index contributed by atoms with van der Waals surface area (Å²) in [6, 6.07) is 15.4. The lowest BCUT2D eigenvalue weighted by atomic mass is 9.79. The molecule has 0 saturated heterocycles. The van der Waals surface area contributed by atoms with E-state index in [1.807, 2.05) is 0 Å². The van der Waals surface area contributed by atoms with Crippen LogP contribution in [0.1, 0.15) is 22.8 Å². The van der Waals surface area contributed by atoms with Crippen molar-refractivity contribution in [1.82, 2.24) is 4.98 Å². The summed E-state index contributed by atoms with van der Waals surface area (Å²) >= 11 is 6.18. The van der Waals surface area contributed by atoms with Crippen LogP contribution in [-0.2, 0) is 5.60 Å². The fourth-order valence-corrected chi connectivity index (χ4v) is 2.94. The summed E-state index contributed by atoms with van der Waals surface area (Å²) in [5.74, 6) is -0.431. The van der Waals surface area contributed by atoms with Crippen molar-refractivity contribution in [2.75, 3.05) is 0 Å². The van der Waals surface area contributed by atoms with E-state index >= 15 is 0 Å². The highest BCUT2D eigenvalue weighted by Gasteiger charge is 2.41. The summed E-state index contributed by atoms with van der Waals surface area (Å²) in [4.78, 5) is 4.01. The van der Waals surface area contributed by atoms with E-state index in [0.717, 1.165) is 0 Å². The van der Waals surface area contributed by atoms with Crippen molar-refractivity contribution in [3.63, 3.8) is 0 Å². The van der Waals surface area contributed by atoms with Gasteiger partial charge < -0.3 is 10.2 Å². The van der Waals surface area contributed by atoms with E-state index in [-0.39, 0.29) is 0 Å². The highest BCUT2D eigenvalue weighted by molar-refractivity contribution is 6.31. The Labute approximate surface area is 144 Å². The van der Waals surface area contributed by atoms with Crippen molar-refractivity contribution in [3.8, 4) is 0 Å². The number of aliphatic hydroxyl groups excluding tert-OH is 1. The number of hydrogen-bond acceptors (Lipinski definition) is 3. The molecule has 0 amide bonds. The summed E-state index contributed by atoms with van der Waals surface area (Å²) in [5.41, 5.74) is -0.740. The quantitative estimate of drug-likeness (QED) is 0.756. The highest BCUT2D eigenvalue weighted by Crippen LogP contribution is 2.42. The molecule has 0 aliphatic heterocycles. The first-order valence-electron chi connectivity index (χ1n) is 7.35. The minimum Gasteiger partial charge on any atom is -0.385 e. The summed E-state index contributed by atoms with van der Waals surface area (Å²) < 4.78 is 13.3. The molecule has 2 aromatic carbocycles. The fraction of sp³-hybridized carbons (Fsp3) is 0.105. The van der Waals surface area contributed by atoms with Gasteiger partial charge >= 0.3 is 0 Å². The molecule has 5 heteroatoms. The number of hydrogen-bond donors (Lipinski definition) is 2. The first-order chi connectivity index (χ1) is 11.5. The monoisotopic (exact) mass is 343 g/mol. The highest BCUT2D eigenvalue weighted by atomic mass is 35.5. The van der Waals surface area contributed by atoms with Crippen LogP contribution in [0.3, 0.4) is 0 Å². The van der Waals surface area contributed by atoms with Gasteiger partial charge in [-0.1, -0.05) is 48.0 Å². The maximum absolute atomic E-state index is 13.3. The molecule has 0 saturated carbocycles. The second-order valence-corrected chi connectivity index (χ2v) is 5.85. The molecule has 0 aliphatic carbocycles. The van der Waals surface area contributed by atoms with Gasteiger partial charge in [0.15, 0.2) is 0 Å². The van der Waals surface area contributed by atoms with Gasteiger partial charge in [0.05, 0.1) is 0 Å². The molecule has 0 radical (unpaired) electrons. The molecule has 0 fully saturated rings. The molecule has 3 nitrogen and oxygen atoms in total. The SMILES string of the molecule is OC(c1ccccc1Cl)C(O)(c1ccc(F)cc1)c1cccnc1. The number of benzene rings is 2. The van der Waals surface area contributed by atoms with Gasteiger partial charge in [-0.25, -0.2) is 4.39 Å². The van der Waals surface area contributed by atoms with E-state index in [1.54, 1.807) is 42.6 Å². The average molecular weight is 344 g/mol. The van der Waals surface area contributed by atoms with Crippen LogP contribution in [0.15, 0.2) is 73.1 Å². The summed E-state index contributed by atoms with van der Waals surface area (Å²) in [7, 11) is 0. The van der Waals surface area contributed by atoms with E-state index < -0.39 is 17.5 Å². The molecule has 0 spiro atoms. The van der Waals surface area contributed by atoms with Crippen molar-refractivity contribution in [1.29, 1.82) is 0 Å². The topological polar surface area (TPSA) is 53.4 Å². The third-order valence-corrected chi connectivity index (χ3v) is 4.33. The third-order valence-electron chi connectivity index (χ3n) is 3.98. The lowest BCUT2D eigenvalue weighted by Crippen LogP contribution is -2.35. The normalized spacial score (nSPS) is 14.8. The Morgan fingerprint density at radius 3 is 2.29 bits per heavy atom. The Balaban J connectivity index is 2.19. The summed E-state index contributed by atoms with van der Waals surface area (Å²) in [6.45, 7) is 0. The third kappa shape index (κ3) is 2.91. The number of halogens is 2. The Morgan fingerprint density at radius 2 is 1.67 bits per heavy atom. The van der Waals surface area contributed by atoms with E-state index in [4.69, 9.17) is 11.6 Å². The van der Waals surface area contributed by atoms with Crippen molar-refractivity contribution in [2.45, 2.75) is 11.7 Å².